The zero-order valence-corrected chi connectivity index (χ0v) is 23.9. The number of thioether (sulfide) groups is 1. The maximum Gasteiger partial charge on any atom is 0.303 e. The van der Waals surface area contributed by atoms with E-state index in [0.717, 1.165) is 37.2 Å². The predicted molar refractivity (Wildman–Crippen MR) is 138 cm³/mol. The fraction of sp³-hybridized carbons (Fsp3) is 0.360. The Labute approximate surface area is 250 Å². The Morgan fingerprint density at radius 1 is 1.02 bits per heavy atom. The van der Waals surface area contributed by atoms with Crippen molar-refractivity contribution in [3.63, 3.8) is 0 Å². The molecule has 43 heavy (non-hydrogen) atoms. The summed E-state index contributed by atoms with van der Waals surface area (Å²) in [6.07, 6.45) is -2.63. The number of ether oxygens (including phenoxy) is 4. The first-order valence-corrected chi connectivity index (χ1v) is 13.4. The van der Waals surface area contributed by atoms with Crippen LogP contribution < -0.4 is 0 Å². The molecule has 3 unspecified atom stereocenters. The zero-order valence-electron chi connectivity index (χ0n) is 22.4. The van der Waals surface area contributed by atoms with Crippen LogP contribution in [0.4, 0.5) is 13.2 Å². The number of carbonyl (C=O) groups excluding carboxylic acids is 3. The molecular formula is C25H20ClF3N6O7S. The summed E-state index contributed by atoms with van der Waals surface area (Å²) in [6, 6.07) is 3.28. The first kappa shape index (κ1) is 31.7. The van der Waals surface area contributed by atoms with Crippen LogP contribution in [0.5, 0.6) is 0 Å². The molecule has 1 fully saturated rings. The molecule has 0 amide bonds. The van der Waals surface area contributed by atoms with Gasteiger partial charge in [-0.2, -0.15) is 5.26 Å². The number of carbonyl (C=O) groups is 3. The molecule has 0 aliphatic carbocycles. The van der Waals surface area contributed by atoms with E-state index in [4.69, 9.17) is 35.8 Å². The minimum atomic E-state index is -1.68. The van der Waals surface area contributed by atoms with Gasteiger partial charge in [-0.05, 0) is 18.2 Å². The predicted octanol–water partition coefficient (Wildman–Crippen LogP) is 3.16. The Morgan fingerprint density at radius 3 is 2.26 bits per heavy atom. The molecule has 0 radical (unpaired) electrons. The lowest BCUT2D eigenvalue weighted by Gasteiger charge is -2.44. The molecule has 4 rings (SSSR count). The number of esters is 3. The van der Waals surface area contributed by atoms with Gasteiger partial charge < -0.3 is 18.9 Å². The van der Waals surface area contributed by atoms with Crippen molar-refractivity contribution in [3.8, 4) is 17.3 Å². The van der Waals surface area contributed by atoms with Gasteiger partial charge in [0.15, 0.2) is 35.4 Å². The number of hydrogen-bond donors (Lipinski definition) is 0. The molecule has 18 heteroatoms. The fourth-order valence-corrected chi connectivity index (χ4v) is 5.45. The van der Waals surface area contributed by atoms with Gasteiger partial charge in [0.05, 0.1) is 11.2 Å². The van der Waals surface area contributed by atoms with Crippen LogP contribution in [0.2, 0.25) is 5.02 Å². The zero-order chi connectivity index (χ0) is 31.4. The highest BCUT2D eigenvalue weighted by molar-refractivity contribution is 7.99. The molecule has 5 atom stereocenters. The van der Waals surface area contributed by atoms with Gasteiger partial charge in [-0.1, -0.05) is 28.6 Å². The van der Waals surface area contributed by atoms with E-state index in [1.807, 2.05) is 0 Å². The molecule has 0 spiro atoms. The van der Waals surface area contributed by atoms with E-state index < -0.39 is 71.8 Å². The van der Waals surface area contributed by atoms with Crippen molar-refractivity contribution in [2.75, 3.05) is 6.61 Å². The molecule has 3 aromatic rings. The maximum atomic E-state index is 13.9. The lowest BCUT2D eigenvalue weighted by Crippen LogP contribution is -2.57. The van der Waals surface area contributed by atoms with E-state index in [1.54, 1.807) is 6.07 Å². The summed E-state index contributed by atoms with van der Waals surface area (Å²) in [5.41, 5.74) is -1.60. The normalized spacial score (nSPS) is 21.5. The van der Waals surface area contributed by atoms with E-state index in [1.165, 1.54) is 12.3 Å². The van der Waals surface area contributed by atoms with Crippen LogP contribution in [-0.4, -0.2) is 73.5 Å². The Balaban J connectivity index is 1.82. The maximum absolute atomic E-state index is 13.9. The molecule has 1 aliphatic rings. The van der Waals surface area contributed by atoms with Gasteiger partial charge in [-0.3, -0.25) is 14.4 Å². The molecule has 3 heterocycles. The standard InChI is InChI=1S/C25H20ClF3N6O7S/c1-10(36)39-9-19-23(40-11(2)37)22(35-8-18(32-34-35)13-4-15(27)21(29)16(28)5-13)24(41-12(3)38)25(42-19)43-20-6-14(26)17(7-30)31-33-20/h4-6,8,19,22-25H,9H2,1-3H3/t19?,22?,23-,24?,25+/m0/s1. The topological polar surface area (TPSA) is 168 Å². The van der Waals surface area contributed by atoms with Gasteiger partial charge in [-0.25, -0.2) is 17.9 Å². The number of hydrogen-bond acceptors (Lipinski definition) is 13. The van der Waals surface area contributed by atoms with Crippen LogP contribution in [0, 0.1) is 28.8 Å². The second-order valence-electron chi connectivity index (χ2n) is 8.93. The average Bonchev–Trinajstić information content (AvgIpc) is 3.41. The highest BCUT2D eigenvalue weighted by Crippen LogP contribution is 2.41. The molecule has 0 N–H and O–H groups in total. The van der Waals surface area contributed by atoms with Gasteiger partial charge in [0.2, 0.25) is 0 Å². The first-order chi connectivity index (χ1) is 20.4. The molecule has 2 aromatic heterocycles. The van der Waals surface area contributed by atoms with Crippen molar-refractivity contribution >= 4 is 41.3 Å². The van der Waals surface area contributed by atoms with E-state index in [2.05, 4.69) is 20.5 Å². The quantitative estimate of drug-likeness (QED) is 0.200. The average molecular weight is 641 g/mol. The second-order valence-corrected chi connectivity index (χ2v) is 10.5. The number of aromatic nitrogens is 5. The van der Waals surface area contributed by atoms with Crippen LogP contribution in [0.1, 0.15) is 32.5 Å². The molecular weight excluding hydrogens is 621 g/mol. The Morgan fingerprint density at radius 2 is 1.67 bits per heavy atom. The van der Waals surface area contributed by atoms with E-state index in [-0.39, 0.29) is 27.0 Å². The second kappa shape index (κ2) is 13.4. The van der Waals surface area contributed by atoms with Gasteiger partial charge in [-0.15, -0.1) is 15.3 Å². The monoisotopic (exact) mass is 640 g/mol. The van der Waals surface area contributed by atoms with E-state index in [9.17, 15) is 27.6 Å². The van der Waals surface area contributed by atoms with Crippen molar-refractivity contribution in [1.29, 1.82) is 5.26 Å². The van der Waals surface area contributed by atoms with Gasteiger partial charge in [0.1, 0.15) is 41.0 Å². The highest BCUT2D eigenvalue weighted by Gasteiger charge is 2.52. The number of nitriles is 1. The lowest BCUT2D eigenvalue weighted by atomic mass is 9.96. The number of nitrogens with zero attached hydrogens (tertiary/aromatic N) is 6. The molecule has 1 aromatic carbocycles. The smallest absolute Gasteiger partial charge is 0.303 e. The minimum Gasteiger partial charge on any atom is -0.463 e. The number of rotatable bonds is 8. The van der Waals surface area contributed by atoms with Gasteiger partial charge in [0, 0.05) is 26.3 Å². The Bertz CT molecular complexity index is 1580. The first-order valence-electron chi connectivity index (χ1n) is 12.2. The number of benzene rings is 1. The van der Waals surface area contributed by atoms with Crippen LogP contribution in [0.3, 0.4) is 0 Å². The summed E-state index contributed by atoms with van der Waals surface area (Å²) >= 11 is 6.96. The van der Waals surface area contributed by atoms with Crippen LogP contribution in [0.25, 0.3) is 11.3 Å². The van der Waals surface area contributed by atoms with Crippen LogP contribution in [-0.2, 0) is 33.3 Å². The highest BCUT2D eigenvalue weighted by atomic mass is 35.5. The van der Waals surface area contributed by atoms with Crippen molar-refractivity contribution < 1.29 is 46.5 Å². The molecule has 226 valence electrons. The third kappa shape index (κ3) is 7.39. The molecule has 0 bridgehead atoms. The third-order valence-corrected chi connectivity index (χ3v) is 7.18. The van der Waals surface area contributed by atoms with Gasteiger partial charge in [0.25, 0.3) is 0 Å². The van der Waals surface area contributed by atoms with Crippen molar-refractivity contribution in [2.24, 2.45) is 0 Å². The van der Waals surface area contributed by atoms with Crippen LogP contribution >= 0.6 is 23.4 Å². The lowest BCUT2D eigenvalue weighted by molar-refractivity contribution is -0.212. The molecule has 1 saturated heterocycles. The summed E-state index contributed by atoms with van der Waals surface area (Å²) in [6.45, 7) is 2.93. The molecule has 0 saturated carbocycles. The summed E-state index contributed by atoms with van der Waals surface area (Å²) in [4.78, 5) is 36.1. The van der Waals surface area contributed by atoms with E-state index >= 15 is 0 Å². The van der Waals surface area contributed by atoms with Crippen LogP contribution in [0.15, 0.2) is 29.4 Å². The van der Waals surface area contributed by atoms with Gasteiger partial charge >= 0.3 is 17.9 Å². The Hall–Kier alpha value is -4.27. The van der Waals surface area contributed by atoms with Crippen molar-refractivity contribution in [2.45, 2.75) is 55.6 Å². The fourth-order valence-electron chi connectivity index (χ4n) is 4.14. The summed E-state index contributed by atoms with van der Waals surface area (Å²) in [5, 5.41) is 24.8. The summed E-state index contributed by atoms with van der Waals surface area (Å²) in [7, 11) is 0. The Kier molecular flexibility index (Phi) is 9.84. The van der Waals surface area contributed by atoms with Crippen molar-refractivity contribution in [1.82, 2.24) is 25.2 Å². The molecule has 13 nitrogen and oxygen atoms in total. The summed E-state index contributed by atoms with van der Waals surface area (Å²) < 4.78 is 64.9. The third-order valence-electron chi connectivity index (χ3n) is 5.83. The largest absolute Gasteiger partial charge is 0.463 e. The number of halogens is 4. The summed E-state index contributed by atoms with van der Waals surface area (Å²) in [5.74, 6) is -6.86. The van der Waals surface area contributed by atoms with E-state index in [0.29, 0.717) is 12.1 Å². The minimum absolute atomic E-state index is 0.0228. The SMILES string of the molecule is CC(=O)OCC1O[C@H](Sc2cc(Cl)c(C#N)nn2)C(OC(C)=O)C(n2cc(-c3cc(F)c(F)c(F)c3)nn2)[C@H]1OC(C)=O. The van der Waals surface area contributed by atoms with Crippen molar-refractivity contribution in [3.05, 3.63) is 52.6 Å². The molecule has 1 aliphatic heterocycles.